The van der Waals surface area contributed by atoms with Gasteiger partial charge in [-0.2, -0.15) is 0 Å². The van der Waals surface area contributed by atoms with Crippen molar-refractivity contribution in [2.45, 2.75) is 70.8 Å². The van der Waals surface area contributed by atoms with Gasteiger partial charge in [0.15, 0.2) is 0 Å². The molecule has 0 spiro atoms. The molecule has 0 saturated carbocycles. The van der Waals surface area contributed by atoms with Crippen LogP contribution in [-0.2, 0) is 12.8 Å². The average molecular weight is 335 g/mol. The van der Waals surface area contributed by atoms with Gasteiger partial charge in [-0.05, 0) is 63.1 Å². The smallest absolute Gasteiger partial charge is 0.261 e. The fraction of sp³-hybridized carbons (Fsp3) is 0.737. The van der Waals surface area contributed by atoms with Crippen molar-refractivity contribution >= 4 is 17.2 Å². The molecule has 1 amide bonds. The fourth-order valence-electron chi connectivity index (χ4n) is 3.83. The molecule has 0 bridgehead atoms. The second kappa shape index (κ2) is 8.29. The van der Waals surface area contributed by atoms with E-state index in [0.717, 1.165) is 37.2 Å². The van der Waals surface area contributed by atoms with Crippen LogP contribution in [0.3, 0.4) is 0 Å². The van der Waals surface area contributed by atoms with Gasteiger partial charge in [-0.15, -0.1) is 11.3 Å². The Labute approximate surface area is 144 Å². The Bertz CT molecular complexity index is 492. The van der Waals surface area contributed by atoms with E-state index >= 15 is 0 Å². The van der Waals surface area contributed by atoms with Crippen molar-refractivity contribution in [3.8, 4) is 0 Å². The first-order chi connectivity index (χ1) is 11.3. The number of carbonyl (C=O) groups excluding carboxylic acids is 1. The first kappa shape index (κ1) is 17.0. The van der Waals surface area contributed by atoms with Crippen molar-refractivity contribution in [1.29, 1.82) is 0 Å². The molecule has 3 nitrogen and oxygen atoms in total. The maximum Gasteiger partial charge on any atom is 0.261 e. The lowest BCUT2D eigenvalue weighted by atomic mass is 9.99. The number of rotatable bonds is 4. The van der Waals surface area contributed by atoms with Crippen LogP contribution in [0.4, 0.5) is 0 Å². The minimum atomic E-state index is 0.163. The lowest BCUT2D eigenvalue weighted by Crippen LogP contribution is -2.44. The molecule has 2 heterocycles. The molecule has 0 aromatic carbocycles. The van der Waals surface area contributed by atoms with Gasteiger partial charge in [0.05, 0.1) is 4.88 Å². The van der Waals surface area contributed by atoms with E-state index in [0.29, 0.717) is 6.04 Å². The molecule has 128 valence electrons. The Morgan fingerprint density at radius 1 is 1.22 bits per heavy atom. The van der Waals surface area contributed by atoms with Gasteiger partial charge in [0.25, 0.3) is 5.91 Å². The summed E-state index contributed by atoms with van der Waals surface area (Å²) in [6.45, 7) is 5.68. The zero-order valence-corrected chi connectivity index (χ0v) is 15.2. The number of fused-ring (bicyclic) bond motifs is 1. The zero-order chi connectivity index (χ0) is 16.1. The number of nitrogens with zero attached hydrogens (tertiary/aromatic N) is 1. The van der Waals surface area contributed by atoms with E-state index in [1.54, 1.807) is 11.3 Å². The van der Waals surface area contributed by atoms with Crippen molar-refractivity contribution < 1.29 is 4.79 Å². The van der Waals surface area contributed by atoms with Gasteiger partial charge >= 0.3 is 0 Å². The molecule has 2 aliphatic rings. The highest BCUT2D eigenvalue weighted by Crippen LogP contribution is 2.28. The molecule has 1 aliphatic carbocycles. The largest absolute Gasteiger partial charge is 0.349 e. The molecule has 3 rings (SSSR count). The van der Waals surface area contributed by atoms with E-state index in [2.05, 4.69) is 23.2 Å². The maximum atomic E-state index is 12.6. The van der Waals surface area contributed by atoms with Gasteiger partial charge in [0.1, 0.15) is 0 Å². The average Bonchev–Trinajstić information content (AvgIpc) is 2.92. The molecule has 1 aliphatic heterocycles. The molecule has 1 aromatic heterocycles. The molecule has 1 saturated heterocycles. The van der Waals surface area contributed by atoms with E-state index in [9.17, 15) is 4.79 Å². The molecule has 23 heavy (non-hydrogen) atoms. The van der Waals surface area contributed by atoms with Crippen LogP contribution in [-0.4, -0.2) is 36.5 Å². The highest BCUT2D eigenvalue weighted by Gasteiger charge is 2.22. The van der Waals surface area contributed by atoms with Crippen LogP contribution >= 0.6 is 11.3 Å². The zero-order valence-electron chi connectivity index (χ0n) is 14.4. The number of hydrogen-bond acceptors (Lipinski definition) is 3. The standard InChI is InChI=1S/C19H30N2OS/c1-2-11-21-12-9-16(10-13-21)20-19(22)18-14-15-7-5-3-4-6-8-17(15)23-18/h14,16H,2-13H2,1H3,(H,20,22). The first-order valence-electron chi connectivity index (χ1n) is 9.41. The predicted molar refractivity (Wildman–Crippen MR) is 97.4 cm³/mol. The normalized spacial score (nSPS) is 20.6. The Morgan fingerprint density at radius 3 is 2.70 bits per heavy atom. The Balaban J connectivity index is 1.55. The summed E-state index contributed by atoms with van der Waals surface area (Å²) in [5.41, 5.74) is 1.44. The number of piperidine rings is 1. The van der Waals surface area contributed by atoms with Crippen LogP contribution < -0.4 is 5.32 Å². The third-order valence-electron chi connectivity index (χ3n) is 5.18. The number of nitrogens with one attached hydrogen (secondary N) is 1. The van der Waals surface area contributed by atoms with Crippen LogP contribution in [0.15, 0.2) is 6.07 Å². The summed E-state index contributed by atoms with van der Waals surface area (Å²) in [5.74, 6) is 0.163. The van der Waals surface area contributed by atoms with Crippen molar-refractivity contribution in [3.05, 3.63) is 21.4 Å². The first-order valence-corrected chi connectivity index (χ1v) is 10.2. The van der Waals surface area contributed by atoms with Crippen LogP contribution in [0, 0.1) is 0 Å². The summed E-state index contributed by atoms with van der Waals surface area (Å²) in [4.78, 5) is 17.5. The van der Waals surface area contributed by atoms with E-state index in [-0.39, 0.29) is 5.91 Å². The molecule has 0 unspecified atom stereocenters. The van der Waals surface area contributed by atoms with E-state index in [4.69, 9.17) is 0 Å². The van der Waals surface area contributed by atoms with Gasteiger partial charge < -0.3 is 10.2 Å². The second-order valence-electron chi connectivity index (χ2n) is 7.06. The van der Waals surface area contributed by atoms with Crippen molar-refractivity contribution in [1.82, 2.24) is 10.2 Å². The molecule has 0 radical (unpaired) electrons. The summed E-state index contributed by atoms with van der Waals surface area (Å²) in [6, 6.07) is 2.53. The van der Waals surface area contributed by atoms with Crippen LogP contribution in [0.1, 0.15) is 72.0 Å². The summed E-state index contributed by atoms with van der Waals surface area (Å²) >= 11 is 1.74. The summed E-state index contributed by atoms with van der Waals surface area (Å²) in [6.07, 6.45) is 11.0. The maximum absolute atomic E-state index is 12.6. The predicted octanol–water partition coefficient (Wildman–Crippen LogP) is 4.01. The van der Waals surface area contributed by atoms with Gasteiger partial charge in [-0.3, -0.25) is 4.79 Å². The molecule has 1 fully saturated rings. The third-order valence-corrected chi connectivity index (χ3v) is 6.42. The molecule has 4 heteroatoms. The molecule has 1 aromatic rings. The molecule has 1 N–H and O–H groups in total. The minimum absolute atomic E-state index is 0.163. The van der Waals surface area contributed by atoms with E-state index in [1.165, 1.54) is 55.5 Å². The lowest BCUT2D eigenvalue weighted by molar-refractivity contribution is 0.0915. The topological polar surface area (TPSA) is 32.3 Å². The van der Waals surface area contributed by atoms with E-state index in [1.807, 2.05) is 0 Å². The number of carbonyl (C=O) groups is 1. The van der Waals surface area contributed by atoms with Crippen molar-refractivity contribution in [2.75, 3.05) is 19.6 Å². The number of aryl methyl sites for hydroxylation is 2. The van der Waals surface area contributed by atoms with Gasteiger partial charge in [0, 0.05) is 24.0 Å². The fourth-order valence-corrected chi connectivity index (χ4v) is 4.99. The summed E-state index contributed by atoms with van der Waals surface area (Å²) in [7, 11) is 0. The van der Waals surface area contributed by atoms with Gasteiger partial charge in [-0.1, -0.05) is 19.8 Å². The van der Waals surface area contributed by atoms with Crippen LogP contribution in [0.5, 0.6) is 0 Å². The minimum Gasteiger partial charge on any atom is -0.349 e. The Kier molecular flexibility index (Phi) is 6.12. The van der Waals surface area contributed by atoms with Gasteiger partial charge in [-0.25, -0.2) is 0 Å². The Hall–Kier alpha value is -0.870. The van der Waals surface area contributed by atoms with E-state index < -0.39 is 0 Å². The van der Waals surface area contributed by atoms with Crippen LogP contribution in [0.2, 0.25) is 0 Å². The summed E-state index contributed by atoms with van der Waals surface area (Å²) in [5, 5.41) is 3.28. The quantitative estimate of drug-likeness (QED) is 0.902. The molecular weight excluding hydrogens is 304 g/mol. The highest BCUT2D eigenvalue weighted by atomic mass is 32.1. The number of likely N-dealkylation sites (tertiary alicyclic amines) is 1. The number of amides is 1. The van der Waals surface area contributed by atoms with Crippen LogP contribution in [0.25, 0.3) is 0 Å². The Morgan fingerprint density at radius 2 is 1.96 bits per heavy atom. The summed E-state index contributed by atoms with van der Waals surface area (Å²) < 4.78 is 0. The molecular formula is C19H30N2OS. The SMILES string of the molecule is CCCN1CCC(NC(=O)c2cc3c(s2)CCCCCC3)CC1. The highest BCUT2D eigenvalue weighted by molar-refractivity contribution is 7.14. The molecule has 0 atom stereocenters. The number of hydrogen-bond donors (Lipinski definition) is 1. The van der Waals surface area contributed by atoms with Crippen molar-refractivity contribution in [2.24, 2.45) is 0 Å². The lowest BCUT2D eigenvalue weighted by Gasteiger charge is -2.31. The van der Waals surface area contributed by atoms with Crippen molar-refractivity contribution in [3.63, 3.8) is 0 Å². The third kappa shape index (κ3) is 4.57. The monoisotopic (exact) mass is 334 g/mol. The second-order valence-corrected chi connectivity index (χ2v) is 8.20. The number of thiophene rings is 1. The van der Waals surface area contributed by atoms with Gasteiger partial charge in [0.2, 0.25) is 0 Å².